The van der Waals surface area contributed by atoms with Crippen molar-refractivity contribution in [1.29, 1.82) is 0 Å². The number of carbonyl (C=O) groups is 1. The SMILES string of the molecule is Nc1cc(NC(=O)c2ccccc2O)ns1. The van der Waals surface area contributed by atoms with Crippen LogP contribution in [0.2, 0.25) is 0 Å². The minimum absolute atomic E-state index is 0.0665. The Morgan fingerprint density at radius 2 is 2.19 bits per heavy atom. The Morgan fingerprint density at radius 3 is 2.81 bits per heavy atom. The van der Waals surface area contributed by atoms with Crippen molar-refractivity contribution in [2.75, 3.05) is 11.1 Å². The molecule has 1 aromatic carbocycles. The fraction of sp³-hybridized carbons (Fsp3) is 0. The zero-order chi connectivity index (χ0) is 11.5. The Morgan fingerprint density at radius 1 is 1.44 bits per heavy atom. The number of nitrogens with two attached hydrogens (primary N) is 1. The molecule has 4 N–H and O–H groups in total. The lowest BCUT2D eigenvalue weighted by molar-refractivity contribution is 0.102. The van der Waals surface area contributed by atoms with E-state index in [1.54, 1.807) is 18.2 Å². The minimum Gasteiger partial charge on any atom is -0.507 e. The summed E-state index contributed by atoms with van der Waals surface area (Å²) < 4.78 is 3.91. The van der Waals surface area contributed by atoms with Crippen LogP contribution in [0.5, 0.6) is 5.75 Å². The van der Waals surface area contributed by atoms with Crippen LogP contribution >= 0.6 is 11.5 Å². The third-order valence-corrected chi connectivity index (χ3v) is 2.54. The number of aromatic nitrogens is 1. The first kappa shape index (κ1) is 10.4. The van der Waals surface area contributed by atoms with Gasteiger partial charge in [-0.05, 0) is 23.7 Å². The summed E-state index contributed by atoms with van der Waals surface area (Å²) in [4.78, 5) is 11.7. The van der Waals surface area contributed by atoms with E-state index in [1.165, 1.54) is 12.1 Å². The van der Waals surface area contributed by atoms with Crippen molar-refractivity contribution in [2.45, 2.75) is 0 Å². The van der Waals surface area contributed by atoms with E-state index >= 15 is 0 Å². The van der Waals surface area contributed by atoms with Gasteiger partial charge in [0.25, 0.3) is 5.91 Å². The number of hydrogen-bond donors (Lipinski definition) is 3. The maximum absolute atomic E-state index is 11.7. The first-order valence-corrected chi connectivity index (χ1v) is 5.25. The van der Waals surface area contributed by atoms with Gasteiger partial charge in [0.1, 0.15) is 16.6 Å². The third kappa shape index (κ3) is 2.12. The van der Waals surface area contributed by atoms with Crippen molar-refractivity contribution in [3.05, 3.63) is 35.9 Å². The lowest BCUT2D eigenvalue weighted by Gasteiger charge is -2.03. The number of para-hydroxylation sites is 1. The molecule has 5 nitrogen and oxygen atoms in total. The Kier molecular flexibility index (Phi) is 2.74. The van der Waals surface area contributed by atoms with E-state index in [4.69, 9.17) is 5.73 Å². The molecule has 0 aliphatic carbocycles. The molecule has 0 aliphatic rings. The standard InChI is InChI=1S/C10H9N3O2S/c11-8-5-9(13-16-8)12-10(15)6-3-1-2-4-7(6)14/h1-5,14H,11H2,(H,12,13,15). The fourth-order valence-electron chi connectivity index (χ4n) is 1.20. The summed E-state index contributed by atoms with van der Waals surface area (Å²) in [6.45, 7) is 0. The Balaban J connectivity index is 2.18. The van der Waals surface area contributed by atoms with E-state index in [9.17, 15) is 9.90 Å². The normalized spacial score (nSPS) is 10.0. The molecule has 1 heterocycles. The van der Waals surface area contributed by atoms with E-state index in [0.29, 0.717) is 10.8 Å². The molecule has 1 amide bonds. The van der Waals surface area contributed by atoms with Gasteiger partial charge >= 0.3 is 0 Å². The number of nitrogens with one attached hydrogen (secondary N) is 1. The number of phenolic OH excluding ortho intramolecular Hbond substituents is 1. The van der Waals surface area contributed by atoms with Gasteiger partial charge in [-0.2, -0.15) is 4.37 Å². The van der Waals surface area contributed by atoms with E-state index in [2.05, 4.69) is 9.69 Å². The van der Waals surface area contributed by atoms with Crippen molar-refractivity contribution in [3.8, 4) is 5.75 Å². The first-order valence-electron chi connectivity index (χ1n) is 4.48. The Labute approximate surface area is 95.7 Å². The summed E-state index contributed by atoms with van der Waals surface area (Å²) in [5.74, 6) is -0.0950. The van der Waals surface area contributed by atoms with Gasteiger partial charge in [-0.3, -0.25) is 4.79 Å². The molecule has 16 heavy (non-hydrogen) atoms. The second-order valence-corrected chi connectivity index (χ2v) is 3.92. The molecule has 0 saturated carbocycles. The second-order valence-electron chi connectivity index (χ2n) is 3.09. The highest BCUT2D eigenvalue weighted by Crippen LogP contribution is 2.19. The molecule has 2 aromatic rings. The summed E-state index contributed by atoms with van der Waals surface area (Å²) >= 11 is 1.10. The topological polar surface area (TPSA) is 88.2 Å². The summed E-state index contributed by atoms with van der Waals surface area (Å²) in [7, 11) is 0. The number of hydrogen-bond acceptors (Lipinski definition) is 5. The van der Waals surface area contributed by atoms with Crippen molar-refractivity contribution in [3.63, 3.8) is 0 Å². The van der Waals surface area contributed by atoms with E-state index in [-0.39, 0.29) is 11.3 Å². The summed E-state index contributed by atoms with van der Waals surface area (Å²) in [5.41, 5.74) is 5.68. The highest BCUT2D eigenvalue weighted by atomic mass is 32.1. The molecule has 0 saturated heterocycles. The smallest absolute Gasteiger partial charge is 0.260 e. The van der Waals surface area contributed by atoms with Crippen LogP contribution in [0, 0.1) is 0 Å². The predicted molar refractivity (Wildman–Crippen MR) is 62.6 cm³/mol. The number of nitrogens with zero attached hydrogens (tertiary/aromatic N) is 1. The van der Waals surface area contributed by atoms with Gasteiger partial charge in [-0.15, -0.1) is 0 Å². The molecule has 1 aromatic heterocycles. The number of aromatic hydroxyl groups is 1. The molecule has 0 bridgehead atoms. The number of amides is 1. The molecular weight excluding hydrogens is 226 g/mol. The van der Waals surface area contributed by atoms with Gasteiger partial charge in [0.05, 0.1) is 5.56 Å². The first-order chi connectivity index (χ1) is 7.66. The maximum Gasteiger partial charge on any atom is 0.260 e. The van der Waals surface area contributed by atoms with Crippen LogP contribution in [0.4, 0.5) is 10.8 Å². The van der Waals surface area contributed by atoms with Crippen LogP contribution in [0.1, 0.15) is 10.4 Å². The maximum atomic E-state index is 11.7. The number of nitrogen functional groups attached to an aromatic ring is 1. The predicted octanol–water partition coefficient (Wildman–Crippen LogP) is 1.68. The van der Waals surface area contributed by atoms with Crippen LogP contribution in [0.15, 0.2) is 30.3 Å². The lowest BCUT2D eigenvalue weighted by atomic mass is 10.2. The van der Waals surface area contributed by atoms with Crippen molar-refractivity contribution >= 4 is 28.3 Å². The van der Waals surface area contributed by atoms with Crippen LogP contribution < -0.4 is 11.1 Å². The van der Waals surface area contributed by atoms with E-state index in [1.807, 2.05) is 0 Å². The fourth-order valence-corrected chi connectivity index (χ4v) is 1.66. The summed E-state index contributed by atoms with van der Waals surface area (Å²) in [5, 5.41) is 12.5. The van der Waals surface area contributed by atoms with Gasteiger partial charge in [0.2, 0.25) is 0 Å². The second kappa shape index (κ2) is 4.19. The molecule has 0 aliphatic heterocycles. The van der Waals surface area contributed by atoms with Gasteiger partial charge < -0.3 is 16.2 Å². The number of anilines is 2. The molecular formula is C10H9N3O2S. The monoisotopic (exact) mass is 235 g/mol. The van der Waals surface area contributed by atoms with Gasteiger partial charge in [0.15, 0.2) is 0 Å². The molecule has 2 rings (SSSR count). The molecule has 0 fully saturated rings. The third-order valence-electron chi connectivity index (χ3n) is 1.92. The van der Waals surface area contributed by atoms with E-state index < -0.39 is 5.91 Å². The quantitative estimate of drug-likeness (QED) is 0.739. The molecule has 0 spiro atoms. The van der Waals surface area contributed by atoms with Crippen LogP contribution in [-0.4, -0.2) is 15.4 Å². The van der Waals surface area contributed by atoms with Crippen LogP contribution in [0.3, 0.4) is 0 Å². The number of benzene rings is 1. The number of rotatable bonds is 2. The number of carbonyl (C=O) groups excluding carboxylic acids is 1. The highest BCUT2D eigenvalue weighted by Gasteiger charge is 2.11. The molecule has 0 unspecified atom stereocenters. The molecule has 0 atom stereocenters. The lowest BCUT2D eigenvalue weighted by Crippen LogP contribution is -2.12. The zero-order valence-electron chi connectivity index (χ0n) is 8.18. The Hall–Kier alpha value is -2.08. The van der Waals surface area contributed by atoms with Crippen molar-refractivity contribution < 1.29 is 9.90 Å². The van der Waals surface area contributed by atoms with Gasteiger partial charge in [0, 0.05) is 6.07 Å². The van der Waals surface area contributed by atoms with Crippen molar-refractivity contribution in [2.24, 2.45) is 0 Å². The van der Waals surface area contributed by atoms with Gasteiger partial charge in [-0.1, -0.05) is 12.1 Å². The Bertz CT molecular complexity index is 524. The van der Waals surface area contributed by atoms with E-state index in [0.717, 1.165) is 11.5 Å². The molecule has 0 radical (unpaired) electrons. The average Bonchev–Trinajstić information content (AvgIpc) is 2.64. The highest BCUT2D eigenvalue weighted by molar-refractivity contribution is 7.10. The molecule has 6 heteroatoms. The zero-order valence-corrected chi connectivity index (χ0v) is 8.99. The summed E-state index contributed by atoms with van der Waals surface area (Å²) in [6, 6.07) is 7.85. The van der Waals surface area contributed by atoms with Gasteiger partial charge in [-0.25, -0.2) is 0 Å². The average molecular weight is 235 g/mol. The number of phenols is 1. The largest absolute Gasteiger partial charge is 0.507 e. The minimum atomic E-state index is -0.414. The summed E-state index contributed by atoms with van der Waals surface area (Å²) in [6.07, 6.45) is 0. The van der Waals surface area contributed by atoms with Crippen LogP contribution in [0.25, 0.3) is 0 Å². The van der Waals surface area contributed by atoms with Crippen LogP contribution in [-0.2, 0) is 0 Å². The van der Waals surface area contributed by atoms with Crippen molar-refractivity contribution in [1.82, 2.24) is 4.37 Å². The molecule has 82 valence electrons.